The second-order valence-electron chi connectivity index (χ2n) is 6.21. The Kier molecular flexibility index (Phi) is 5.72. The van der Waals surface area contributed by atoms with Gasteiger partial charge in [-0.2, -0.15) is 0 Å². The molecule has 0 bridgehead atoms. The molecule has 0 unspecified atom stereocenters. The van der Waals surface area contributed by atoms with Gasteiger partial charge in [0.25, 0.3) is 0 Å². The average Bonchev–Trinajstić information content (AvgIpc) is 3.07. The van der Waals surface area contributed by atoms with Crippen LogP contribution in [-0.4, -0.2) is 24.8 Å². The summed E-state index contributed by atoms with van der Waals surface area (Å²) >= 11 is 0. The minimum Gasteiger partial charge on any atom is -0.406 e. The second kappa shape index (κ2) is 8.20. The van der Waals surface area contributed by atoms with Gasteiger partial charge in [-0.25, -0.2) is 4.99 Å². The van der Waals surface area contributed by atoms with Crippen LogP contribution in [0.15, 0.2) is 53.5 Å². The predicted octanol–water partition coefficient (Wildman–Crippen LogP) is 3.64. The van der Waals surface area contributed by atoms with Gasteiger partial charge in [0.2, 0.25) is 5.91 Å². The molecule has 2 aromatic carbocycles. The summed E-state index contributed by atoms with van der Waals surface area (Å²) in [6.45, 7) is 1.06. The van der Waals surface area contributed by atoms with E-state index in [0.717, 1.165) is 24.2 Å². The summed E-state index contributed by atoms with van der Waals surface area (Å²) < 4.78 is 40.3. The first-order valence-corrected chi connectivity index (χ1v) is 8.62. The Morgan fingerprint density at radius 3 is 2.39 bits per heavy atom. The number of hydrogen-bond acceptors (Lipinski definition) is 3. The Morgan fingerprint density at radius 1 is 1.14 bits per heavy atom. The number of aliphatic imine (C=N–C) groups is 1. The standard InChI is InChI=1S/C19H19F3N4O2/c20-19(21,22)28-16-9-5-14(6-10-16)25-18(23)24-12-13-3-7-15(8-4-13)26-11-1-2-17(26)27/h3-10H,1-2,11-12H2,(H3,23,24,25). The van der Waals surface area contributed by atoms with E-state index in [1.165, 1.54) is 24.3 Å². The van der Waals surface area contributed by atoms with Crippen LogP contribution in [0.2, 0.25) is 0 Å². The van der Waals surface area contributed by atoms with Gasteiger partial charge in [-0.1, -0.05) is 12.1 Å². The minimum absolute atomic E-state index is 0.128. The van der Waals surface area contributed by atoms with Crippen molar-refractivity contribution >= 4 is 23.2 Å². The van der Waals surface area contributed by atoms with Crippen molar-refractivity contribution in [1.29, 1.82) is 0 Å². The third-order valence-electron chi connectivity index (χ3n) is 4.11. The third kappa shape index (κ3) is 5.38. The van der Waals surface area contributed by atoms with Gasteiger partial charge in [0.05, 0.1) is 6.54 Å². The van der Waals surface area contributed by atoms with Gasteiger partial charge in [-0.15, -0.1) is 13.2 Å². The number of alkyl halides is 3. The molecule has 6 nitrogen and oxygen atoms in total. The van der Waals surface area contributed by atoms with Crippen LogP contribution < -0.4 is 20.7 Å². The van der Waals surface area contributed by atoms with Gasteiger partial charge in [-0.3, -0.25) is 4.79 Å². The van der Waals surface area contributed by atoms with E-state index in [1.54, 1.807) is 4.90 Å². The molecular weight excluding hydrogens is 373 g/mol. The molecule has 28 heavy (non-hydrogen) atoms. The van der Waals surface area contributed by atoms with Crippen LogP contribution in [0.5, 0.6) is 5.75 Å². The molecule has 0 aromatic heterocycles. The SMILES string of the molecule is NC(=NCc1ccc(N2CCCC2=O)cc1)Nc1ccc(OC(F)(F)F)cc1. The van der Waals surface area contributed by atoms with Gasteiger partial charge < -0.3 is 20.7 Å². The molecule has 148 valence electrons. The lowest BCUT2D eigenvalue weighted by Crippen LogP contribution is -2.23. The van der Waals surface area contributed by atoms with Crippen LogP contribution in [0.1, 0.15) is 18.4 Å². The molecule has 1 aliphatic heterocycles. The molecule has 0 atom stereocenters. The van der Waals surface area contributed by atoms with Crippen molar-refractivity contribution in [2.45, 2.75) is 25.7 Å². The Bertz CT molecular complexity index is 849. The summed E-state index contributed by atoms with van der Waals surface area (Å²) in [4.78, 5) is 17.7. The number of benzene rings is 2. The van der Waals surface area contributed by atoms with Gasteiger partial charge >= 0.3 is 6.36 Å². The zero-order valence-electron chi connectivity index (χ0n) is 14.9. The molecule has 1 saturated heterocycles. The highest BCUT2D eigenvalue weighted by Gasteiger charge is 2.30. The fraction of sp³-hybridized carbons (Fsp3) is 0.263. The van der Waals surface area contributed by atoms with E-state index in [9.17, 15) is 18.0 Å². The van der Waals surface area contributed by atoms with Crippen LogP contribution >= 0.6 is 0 Å². The van der Waals surface area contributed by atoms with Crippen molar-refractivity contribution in [3.8, 4) is 5.75 Å². The molecule has 1 heterocycles. The smallest absolute Gasteiger partial charge is 0.406 e. The van der Waals surface area contributed by atoms with Crippen LogP contribution in [0, 0.1) is 0 Å². The molecule has 1 amide bonds. The van der Waals surface area contributed by atoms with Crippen molar-refractivity contribution in [3.63, 3.8) is 0 Å². The lowest BCUT2D eigenvalue weighted by atomic mass is 10.2. The summed E-state index contributed by atoms with van der Waals surface area (Å²) in [6.07, 6.45) is -3.28. The maximum Gasteiger partial charge on any atom is 0.573 e. The van der Waals surface area contributed by atoms with E-state index < -0.39 is 6.36 Å². The fourth-order valence-electron chi connectivity index (χ4n) is 2.81. The maximum absolute atomic E-state index is 12.1. The molecule has 3 N–H and O–H groups in total. The third-order valence-corrected chi connectivity index (χ3v) is 4.11. The fourth-order valence-corrected chi connectivity index (χ4v) is 2.81. The van der Waals surface area contributed by atoms with E-state index in [0.29, 0.717) is 18.7 Å². The monoisotopic (exact) mass is 392 g/mol. The van der Waals surface area contributed by atoms with Gasteiger partial charge in [0, 0.05) is 24.3 Å². The quantitative estimate of drug-likeness (QED) is 0.601. The van der Waals surface area contributed by atoms with Gasteiger partial charge in [0.1, 0.15) is 5.75 Å². The zero-order chi connectivity index (χ0) is 20.1. The number of anilines is 2. The molecule has 1 aliphatic rings. The number of nitrogens with one attached hydrogen (secondary N) is 1. The van der Waals surface area contributed by atoms with Crippen LogP contribution in [0.25, 0.3) is 0 Å². The number of ether oxygens (including phenoxy) is 1. The summed E-state index contributed by atoms with van der Waals surface area (Å²) in [5.74, 6) is -0.0562. The van der Waals surface area contributed by atoms with Crippen molar-refractivity contribution in [2.75, 3.05) is 16.8 Å². The van der Waals surface area contributed by atoms with E-state index in [4.69, 9.17) is 5.73 Å². The summed E-state index contributed by atoms with van der Waals surface area (Å²) in [5.41, 5.74) is 8.08. The van der Waals surface area contributed by atoms with Gasteiger partial charge in [-0.05, 0) is 48.4 Å². The average molecular weight is 392 g/mol. The number of carbonyl (C=O) groups excluding carboxylic acids is 1. The summed E-state index contributed by atoms with van der Waals surface area (Å²) in [5, 5.41) is 2.80. The number of amides is 1. The van der Waals surface area contributed by atoms with E-state index in [1.807, 2.05) is 24.3 Å². The van der Waals surface area contributed by atoms with E-state index in [2.05, 4.69) is 15.0 Å². The van der Waals surface area contributed by atoms with Crippen molar-refractivity contribution in [2.24, 2.45) is 10.7 Å². The Labute approximate surface area is 159 Å². The molecule has 3 rings (SSSR count). The first-order valence-electron chi connectivity index (χ1n) is 8.62. The lowest BCUT2D eigenvalue weighted by Gasteiger charge is -2.15. The zero-order valence-corrected chi connectivity index (χ0v) is 14.9. The summed E-state index contributed by atoms with van der Waals surface area (Å²) in [6, 6.07) is 12.7. The van der Waals surface area contributed by atoms with E-state index >= 15 is 0 Å². The maximum atomic E-state index is 12.1. The van der Waals surface area contributed by atoms with Crippen molar-refractivity contribution in [1.82, 2.24) is 0 Å². The topological polar surface area (TPSA) is 80.0 Å². The Hall–Kier alpha value is -3.23. The Balaban J connectivity index is 1.54. The highest BCUT2D eigenvalue weighted by Crippen LogP contribution is 2.24. The lowest BCUT2D eigenvalue weighted by molar-refractivity contribution is -0.274. The normalized spacial score (nSPS) is 15.0. The molecule has 1 fully saturated rings. The summed E-state index contributed by atoms with van der Waals surface area (Å²) in [7, 11) is 0. The molecule has 0 aliphatic carbocycles. The largest absolute Gasteiger partial charge is 0.573 e. The van der Waals surface area contributed by atoms with Crippen molar-refractivity contribution in [3.05, 3.63) is 54.1 Å². The number of hydrogen-bond donors (Lipinski definition) is 2. The van der Waals surface area contributed by atoms with E-state index in [-0.39, 0.29) is 17.6 Å². The molecule has 9 heteroatoms. The predicted molar refractivity (Wildman–Crippen MR) is 100 cm³/mol. The Morgan fingerprint density at radius 2 is 1.82 bits per heavy atom. The highest BCUT2D eigenvalue weighted by molar-refractivity contribution is 5.95. The first-order chi connectivity index (χ1) is 13.3. The minimum atomic E-state index is -4.73. The number of rotatable bonds is 5. The second-order valence-corrected chi connectivity index (χ2v) is 6.21. The van der Waals surface area contributed by atoms with Crippen LogP contribution in [0.4, 0.5) is 24.5 Å². The molecular formula is C19H19F3N4O2. The molecule has 0 spiro atoms. The number of carbonyl (C=O) groups is 1. The number of nitrogens with zero attached hydrogens (tertiary/aromatic N) is 2. The molecule has 2 aromatic rings. The van der Waals surface area contributed by atoms with Gasteiger partial charge in [0.15, 0.2) is 5.96 Å². The number of halogens is 3. The van der Waals surface area contributed by atoms with Crippen LogP contribution in [-0.2, 0) is 11.3 Å². The van der Waals surface area contributed by atoms with Crippen LogP contribution in [0.3, 0.4) is 0 Å². The highest BCUT2D eigenvalue weighted by atomic mass is 19.4. The number of guanidine groups is 1. The van der Waals surface area contributed by atoms with Crippen molar-refractivity contribution < 1.29 is 22.7 Å². The molecule has 0 radical (unpaired) electrons. The number of nitrogens with two attached hydrogens (primary N) is 1. The molecule has 0 saturated carbocycles. The first kappa shape index (κ1) is 19.5.